The van der Waals surface area contributed by atoms with E-state index in [1.165, 1.54) is 78.8 Å². The van der Waals surface area contributed by atoms with Crippen molar-refractivity contribution in [1.29, 1.82) is 0 Å². The molecule has 0 amide bonds. The molecule has 0 bridgehead atoms. The van der Waals surface area contributed by atoms with Gasteiger partial charge in [-0.1, -0.05) is 251 Å². The van der Waals surface area contributed by atoms with Crippen LogP contribution in [0.15, 0.2) is 206 Å². The Morgan fingerprint density at radius 3 is 1.41 bits per heavy atom. The van der Waals surface area contributed by atoms with Crippen LogP contribution < -0.4 is 33.9 Å². The largest absolute Gasteiger partial charge is 0.573 e. The summed E-state index contributed by atoms with van der Waals surface area (Å²) in [5.74, 6) is 3.49. The summed E-state index contributed by atoms with van der Waals surface area (Å²) in [6.07, 6.45) is 9.01. The SMILES string of the molecule is CC(C)(C)OC(=O)CCCCOc1ccc(C(C)(C)C)cc1.CC(C)(C)c1ccc(N2CCOCC2)cc1.CC(C)(C)c1ccc2c(c1)C=NC2.CC(C)(C)c1ccc2c(c1)NCCO2.CC(C)(C)c1cccc(OC(F)(F)F)c1.CC(C)(C)c1cccc(OCCCN2CCOCC2)c1.CC(C)(C)c1cccc(OCCCn2ccnc2)c1.Cn1ncc2cc(C(C)(C)C)ccc21. The number of nitrogens with zero attached hydrogens (tertiary/aromatic N) is 7. The Balaban J connectivity index is 0.000000209. The summed E-state index contributed by atoms with van der Waals surface area (Å²) in [7, 11) is 1.97. The number of aromatic nitrogens is 4. The number of halogens is 3. The van der Waals surface area contributed by atoms with Gasteiger partial charge in [0.25, 0.3) is 0 Å². The number of alkyl halides is 3. The number of nitrogens with one attached hydrogen (secondary N) is 1. The zero-order valence-electron chi connectivity index (χ0n) is 85.9. The number of anilines is 2. The molecule has 0 radical (unpaired) electrons. The first kappa shape index (κ1) is 110. The van der Waals surface area contributed by atoms with Crippen LogP contribution in [0.1, 0.15) is 275 Å². The Hall–Kier alpha value is -10.2. The number of morpholine rings is 2. The minimum absolute atomic E-state index is 0.137. The minimum Gasteiger partial charge on any atom is -0.494 e. The zero-order valence-corrected chi connectivity index (χ0v) is 85.9. The number of carbonyl (C=O) groups excluding carboxylic acids is 1. The van der Waals surface area contributed by atoms with Gasteiger partial charge in [-0.05, 0) is 236 Å². The lowest BCUT2D eigenvalue weighted by Gasteiger charge is -2.29. The van der Waals surface area contributed by atoms with Crippen LogP contribution >= 0.6 is 0 Å². The van der Waals surface area contributed by atoms with Gasteiger partial charge in [0.15, 0.2) is 0 Å². The maximum Gasteiger partial charge on any atom is 0.573 e. The first-order valence-corrected chi connectivity index (χ1v) is 47.6. The number of aliphatic imine (C=N–C) groups is 1. The van der Waals surface area contributed by atoms with E-state index in [0.717, 1.165) is 159 Å². The molecule has 0 atom stereocenters. The Kier molecular flexibility index (Phi) is 41.2. The van der Waals surface area contributed by atoms with E-state index < -0.39 is 12.0 Å². The van der Waals surface area contributed by atoms with E-state index >= 15 is 0 Å². The summed E-state index contributed by atoms with van der Waals surface area (Å²) in [5.41, 5.74) is 17.3. The molecule has 10 aromatic rings. The molecule has 1 N–H and O–H groups in total. The molecular formula is C113H161F3N8O9. The van der Waals surface area contributed by atoms with Gasteiger partial charge < -0.3 is 52.7 Å². The third-order valence-electron chi connectivity index (χ3n) is 22.6. The highest BCUT2D eigenvalue weighted by molar-refractivity contribution is 5.85. The topological polar surface area (TPSA) is 157 Å². The molecule has 728 valence electrons. The second-order valence-electron chi connectivity index (χ2n) is 43.8. The summed E-state index contributed by atoms with van der Waals surface area (Å²) in [6, 6.07) is 59.6. The highest BCUT2D eigenvalue weighted by Crippen LogP contribution is 2.36. The number of fused-ring (bicyclic) bond motifs is 3. The van der Waals surface area contributed by atoms with Crippen LogP contribution in [-0.2, 0) is 82.5 Å². The molecule has 0 unspecified atom stereocenters. The van der Waals surface area contributed by atoms with Gasteiger partial charge in [-0.15, -0.1) is 13.2 Å². The van der Waals surface area contributed by atoms with Crippen molar-refractivity contribution in [2.75, 3.05) is 102 Å². The van der Waals surface area contributed by atoms with Gasteiger partial charge >= 0.3 is 12.3 Å². The Morgan fingerprint density at radius 2 is 0.902 bits per heavy atom. The molecule has 20 heteroatoms. The summed E-state index contributed by atoms with van der Waals surface area (Å²) >= 11 is 0. The standard InChI is InChI=1S/C19H30O3.C17H27NO2.C16H22N2O.C14H21NO.C12H16N2.C12H17NO.C12H15N.C11H13F3O/c1-18(2,3)15-10-12-16(13-11-15)21-14-8-7-9-17(20)22-19(4,5)6;1-17(2,3)15-6-4-7-16(14-15)20-11-5-8-18-9-12-19-13-10-18;1-16(2,3)14-6-4-7-15(12-14)19-11-5-9-18-10-8-17-13-18;1-14(2,3)12-4-6-13(7-5-12)15-8-10-16-11-9-15;1-12(2,3)10-5-6-11-9(7-10)8-13-14(11)4;1-12(2,3)9-4-5-11-10(8-9)13-6-7-14-11;1-12(2,3)11-5-4-9-7-13-8-10(9)6-11;1-10(2,3)8-5-4-6-9(7-8)15-11(12,13)14/h10-13H,7-9,14H2,1-6H3;4,6-7,14H,5,8-13H2,1-3H3;4,6-8,10,12-13H,5,9,11H2,1-3H3;4-7H,8-11H2,1-3H3;5-8H,1-4H3;4-5,8,13H,6-7H2,1-3H3;4-6,8H,7H2,1-3H3;4-7H,1-3H3. The van der Waals surface area contributed by atoms with Crippen molar-refractivity contribution in [3.8, 4) is 28.7 Å². The first-order valence-electron chi connectivity index (χ1n) is 47.6. The van der Waals surface area contributed by atoms with E-state index in [1.807, 2.05) is 102 Å². The van der Waals surface area contributed by atoms with Gasteiger partial charge in [-0.25, -0.2) is 4.98 Å². The molecule has 2 saturated heterocycles. The molecule has 2 fully saturated rings. The number of esters is 1. The number of hydrogen-bond acceptors (Lipinski definition) is 15. The number of unbranched alkanes of at least 4 members (excludes halogenated alkanes) is 1. The van der Waals surface area contributed by atoms with Crippen molar-refractivity contribution in [2.24, 2.45) is 12.0 Å². The lowest BCUT2D eigenvalue weighted by molar-refractivity contribution is -0.274. The molecule has 8 aromatic carbocycles. The molecule has 6 heterocycles. The van der Waals surface area contributed by atoms with Crippen molar-refractivity contribution in [3.63, 3.8) is 0 Å². The lowest BCUT2D eigenvalue weighted by Crippen LogP contribution is -2.37. The molecule has 2 aromatic heterocycles. The molecule has 4 aliphatic rings. The summed E-state index contributed by atoms with van der Waals surface area (Å²) < 4.78 is 82.5. The maximum atomic E-state index is 11.9. The fourth-order valence-corrected chi connectivity index (χ4v) is 14.2. The van der Waals surface area contributed by atoms with Crippen LogP contribution in [0.5, 0.6) is 28.7 Å². The minimum atomic E-state index is -4.63. The van der Waals surface area contributed by atoms with E-state index in [-0.39, 0.29) is 55.0 Å². The van der Waals surface area contributed by atoms with Crippen molar-refractivity contribution in [3.05, 3.63) is 256 Å². The number of ether oxygens (including phenoxy) is 8. The van der Waals surface area contributed by atoms with E-state index in [1.54, 1.807) is 18.3 Å². The van der Waals surface area contributed by atoms with Gasteiger partial charge in [0.1, 0.15) is 41.0 Å². The molecular weight excluding hydrogens is 1670 g/mol. The molecule has 0 aliphatic carbocycles. The number of aryl methyl sites for hydroxylation is 2. The summed E-state index contributed by atoms with van der Waals surface area (Å²) in [4.78, 5) is 24.7. The third kappa shape index (κ3) is 40.5. The molecule has 133 heavy (non-hydrogen) atoms. The molecule has 0 saturated carbocycles. The van der Waals surface area contributed by atoms with Crippen LogP contribution in [0.3, 0.4) is 0 Å². The van der Waals surface area contributed by atoms with Gasteiger partial charge in [-0.3, -0.25) is 19.4 Å². The van der Waals surface area contributed by atoms with Crippen molar-refractivity contribution in [2.45, 2.75) is 287 Å². The van der Waals surface area contributed by atoms with E-state index in [9.17, 15) is 18.0 Å². The average molecular weight is 1830 g/mol. The molecule has 14 rings (SSSR count). The van der Waals surface area contributed by atoms with E-state index in [4.69, 9.17) is 33.2 Å². The fourth-order valence-electron chi connectivity index (χ4n) is 14.2. The Morgan fingerprint density at radius 1 is 0.451 bits per heavy atom. The number of hydrogen-bond donors (Lipinski definition) is 1. The number of rotatable bonds is 18. The highest BCUT2D eigenvalue weighted by Gasteiger charge is 2.32. The predicted octanol–water partition coefficient (Wildman–Crippen LogP) is 26.9. The number of benzene rings is 8. The molecule has 0 spiro atoms. The van der Waals surface area contributed by atoms with Gasteiger partial charge in [0.05, 0.1) is 76.5 Å². The van der Waals surface area contributed by atoms with Crippen molar-refractivity contribution >= 4 is 34.5 Å². The number of imidazole rings is 1. The van der Waals surface area contributed by atoms with E-state index in [2.05, 4.69) is 312 Å². The zero-order chi connectivity index (χ0) is 98.2. The van der Waals surface area contributed by atoms with Gasteiger partial charge in [-0.2, -0.15) is 5.10 Å². The fraction of sp³-hybridized carbons (Fsp3) is 0.522. The number of carbonyl (C=O) groups is 1. The summed E-state index contributed by atoms with van der Waals surface area (Å²) in [5, 5.41) is 8.81. The Bertz CT molecular complexity index is 5120. The first-order chi connectivity index (χ1) is 62.1. The van der Waals surface area contributed by atoms with Crippen LogP contribution in [0.25, 0.3) is 10.9 Å². The predicted molar refractivity (Wildman–Crippen MR) is 545 cm³/mol. The smallest absolute Gasteiger partial charge is 0.494 e. The summed E-state index contributed by atoms with van der Waals surface area (Å²) in [6.45, 7) is 72.4. The average Bonchev–Trinajstić information content (AvgIpc) is 1.81. The Labute approximate surface area is 797 Å². The highest BCUT2D eigenvalue weighted by atomic mass is 19.4. The van der Waals surface area contributed by atoms with Gasteiger partial charge in [0, 0.05) is 89.0 Å². The van der Waals surface area contributed by atoms with Crippen LogP contribution in [0.4, 0.5) is 24.5 Å². The van der Waals surface area contributed by atoms with E-state index in [0.29, 0.717) is 13.0 Å². The lowest BCUT2D eigenvalue weighted by atomic mass is 9.85. The van der Waals surface area contributed by atoms with Crippen LogP contribution in [0.2, 0.25) is 0 Å². The van der Waals surface area contributed by atoms with Gasteiger partial charge in [0.2, 0.25) is 0 Å². The second-order valence-corrected chi connectivity index (χ2v) is 43.8. The van der Waals surface area contributed by atoms with Crippen LogP contribution in [0, 0.1) is 0 Å². The van der Waals surface area contributed by atoms with Crippen molar-refractivity contribution in [1.82, 2.24) is 24.2 Å². The third-order valence-corrected chi connectivity index (χ3v) is 22.6. The molecule has 4 aliphatic heterocycles. The van der Waals surface area contributed by atoms with Crippen LogP contribution in [-0.4, -0.2) is 141 Å². The second kappa shape index (κ2) is 49.9. The quantitative estimate of drug-likeness (QED) is 0.0639. The maximum absolute atomic E-state index is 11.9. The monoisotopic (exact) mass is 1830 g/mol. The molecule has 17 nitrogen and oxygen atoms in total. The normalized spacial score (nSPS) is 14.1. The van der Waals surface area contributed by atoms with Crippen molar-refractivity contribution < 1.29 is 55.9 Å².